The first kappa shape index (κ1) is 11.3. The van der Waals surface area contributed by atoms with Crippen molar-refractivity contribution in [3.63, 3.8) is 0 Å². The predicted octanol–water partition coefficient (Wildman–Crippen LogP) is -2.18. The fraction of sp³-hybridized carbons (Fsp3) is 0. The van der Waals surface area contributed by atoms with Gasteiger partial charge in [-0.1, -0.05) is 0 Å². The van der Waals surface area contributed by atoms with Crippen molar-refractivity contribution < 1.29 is 39.7 Å². The summed E-state index contributed by atoms with van der Waals surface area (Å²) in [6.07, 6.45) is 0. The monoisotopic (exact) mass is 226 g/mol. The largest absolute Gasteiger partial charge is 2.00 e. The van der Waals surface area contributed by atoms with Crippen molar-refractivity contribution in [2.75, 3.05) is 0 Å². The van der Waals surface area contributed by atoms with E-state index in [9.17, 15) is 9.59 Å². The van der Waals surface area contributed by atoms with Crippen LogP contribution >= 0.6 is 0 Å². The Hall–Kier alpha value is -0.478. The normalized spacial score (nSPS) is 6.89. The molecule has 0 radical (unpaired) electrons. The van der Waals surface area contributed by atoms with E-state index < -0.39 is 11.9 Å². The van der Waals surface area contributed by atoms with Crippen molar-refractivity contribution in [2.24, 2.45) is 11.8 Å². The Morgan fingerprint density at radius 1 is 1.00 bits per heavy atom. The average molecular weight is 226 g/mol. The van der Waals surface area contributed by atoms with Gasteiger partial charge >= 0.3 is 32.4 Å². The molecule has 0 fully saturated rings. The van der Waals surface area contributed by atoms with E-state index in [-0.39, 0.29) is 20.4 Å². The van der Waals surface area contributed by atoms with Gasteiger partial charge < -0.3 is 9.68 Å². The third-order valence-corrected chi connectivity index (χ3v) is 0.381. The minimum atomic E-state index is -1.33. The molecule has 0 saturated carbocycles. The maximum absolute atomic E-state index is 9.84. The second-order valence-corrected chi connectivity index (χ2v) is 0.811. The Morgan fingerprint density at radius 2 is 1.22 bits per heavy atom. The summed E-state index contributed by atoms with van der Waals surface area (Å²) in [5.41, 5.74) is 0. The molecule has 54 valence electrons. The number of hydrogen-bond donors (Lipinski definition) is 2. The van der Waals surface area contributed by atoms with Gasteiger partial charge in [-0.2, -0.15) is 11.8 Å². The molecule has 0 aliphatic rings. The van der Waals surface area contributed by atoms with Gasteiger partial charge in [0.2, 0.25) is 0 Å². The molecule has 0 unspecified atom stereocenters. The average Bonchev–Trinajstić information content (AvgIpc) is 1.84. The molecule has 0 aromatic rings. The van der Waals surface area contributed by atoms with Crippen LogP contribution in [-0.4, -0.2) is 11.9 Å². The van der Waals surface area contributed by atoms with Crippen LogP contribution in [0.4, 0.5) is 0 Å². The quantitative estimate of drug-likeness (QED) is 0.276. The molecule has 9 heavy (non-hydrogen) atoms. The van der Waals surface area contributed by atoms with Crippen LogP contribution in [0.3, 0.4) is 0 Å². The third-order valence-electron chi connectivity index (χ3n) is 0.381. The summed E-state index contributed by atoms with van der Waals surface area (Å²) in [7, 11) is 0. The molecule has 0 aromatic heterocycles. The molecule has 0 aliphatic heterocycles. The summed E-state index contributed by atoms with van der Waals surface area (Å²) in [6.45, 7) is 0. The minimum Gasteiger partial charge on any atom is -0.365 e. The van der Waals surface area contributed by atoms with Crippen molar-refractivity contribution in [3.8, 4) is 0 Å². The molecule has 0 saturated heterocycles. The van der Waals surface area contributed by atoms with Crippen LogP contribution < -0.4 is 11.8 Å². The van der Waals surface area contributed by atoms with Gasteiger partial charge in [-0.3, -0.25) is 0 Å². The van der Waals surface area contributed by atoms with Crippen molar-refractivity contribution in [2.45, 2.75) is 0 Å². The maximum atomic E-state index is 9.84. The van der Waals surface area contributed by atoms with Crippen molar-refractivity contribution >= 4 is 11.9 Å². The number of carbonyl (C=O) groups is 2. The Morgan fingerprint density at radius 3 is 1.33 bits per heavy atom. The molecular weight excluding hydrogens is 222 g/mol. The topological polar surface area (TPSA) is 105 Å². The van der Waals surface area contributed by atoms with Crippen LogP contribution in [0.2, 0.25) is 0 Å². The van der Waals surface area contributed by atoms with Crippen LogP contribution in [0.5, 0.6) is 0 Å². The zero-order chi connectivity index (χ0) is 6.57. The standard InChI is InChI=1S/C2H4N2O4.Pd/c3-7-1(5)2(6)8-4;/h3-4H2;/q;+2. The molecule has 0 rings (SSSR count). The van der Waals surface area contributed by atoms with Gasteiger partial charge in [0.1, 0.15) is 0 Å². The zero-order valence-electron chi connectivity index (χ0n) is 4.10. The summed E-state index contributed by atoms with van der Waals surface area (Å²) in [4.78, 5) is 26.5. The van der Waals surface area contributed by atoms with Crippen molar-refractivity contribution in [3.05, 3.63) is 0 Å². The van der Waals surface area contributed by atoms with E-state index in [4.69, 9.17) is 0 Å². The first-order valence-electron chi connectivity index (χ1n) is 1.54. The van der Waals surface area contributed by atoms with E-state index in [1.807, 2.05) is 0 Å². The number of rotatable bonds is 0. The summed E-state index contributed by atoms with van der Waals surface area (Å²) >= 11 is 0. The fourth-order valence-corrected chi connectivity index (χ4v) is 0.0962. The van der Waals surface area contributed by atoms with E-state index in [0.717, 1.165) is 0 Å². The van der Waals surface area contributed by atoms with E-state index >= 15 is 0 Å². The molecule has 0 bridgehead atoms. The third kappa shape index (κ3) is 4.05. The van der Waals surface area contributed by atoms with E-state index in [2.05, 4.69) is 21.5 Å². The van der Waals surface area contributed by atoms with Crippen LogP contribution in [-0.2, 0) is 39.7 Å². The second-order valence-electron chi connectivity index (χ2n) is 0.811. The van der Waals surface area contributed by atoms with Crippen molar-refractivity contribution in [1.29, 1.82) is 0 Å². The Bertz CT molecular complexity index is 101. The molecule has 6 nitrogen and oxygen atoms in total. The molecule has 0 atom stereocenters. The molecule has 7 heteroatoms. The summed E-state index contributed by atoms with van der Waals surface area (Å²) < 4.78 is 0. The molecule has 0 heterocycles. The molecular formula is C2H4N2O4Pd+2. The van der Waals surface area contributed by atoms with Gasteiger partial charge in [-0.05, 0) is 0 Å². The predicted molar refractivity (Wildman–Crippen MR) is 20.6 cm³/mol. The first-order chi connectivity index (χ1) is 3.72. The number of nitrogens with two attached hydrogens (primary N) is 2. The van der Waals surface area contributed by atoms with Crippen molar-refractivity contribution in [1.82, 2.24) is 0 Å². The zero-order valence-corrected chi connectivity index (χ0v) is 5.66. The smallest absolute Gasteiger partial charge is 0.365 e. The summed E-state index contributed by atoms with van der Waals surface area (Å²) in [5.74, 6) is 5.83. The SMILES string of the molecule is NOC(=O)C(=O)ON.[Pd+2]. The minimum absolute atomic E-state index is 0. The second kappa shape index (κ2) is 5.66. The van der Waals surface area contributed by atoms with Gasteiger partial charge in [0.05, 0.1) is 0 Å². The molecule has 0 amide bonds. The van der Waals surface area contributed by atoms with Crippen LogP contribution in [0.25, 0.3) is 0 Å². The van der Waals surface area contributed by atoms with E-state index in [1.54, 1.807) is 0 Å². The first-order valence-corrected chi connectivity index (χ1v) is 1.54. The fourth-order valence-electron chi connectivity index (χ4n) is 0.0962. The van der Waals surface area contributed by atoms with Crippen LogP contribution in [0.15, 0.2) is 0 Å². The van der Waals surface area contributed by atoms with Gasteiger partial charge in [0, 0.05) is 0 Å². The molecule has 4 N–H and O–H groups in total. The van der Waals surface area contributed by atoms with Gasteiger partial charge in [0.25, 0.3) is 0 Å². The van der Waals surface area contributed by atoms with E-state index in [0.29, 0.717) is 0 Å². The number of hydrogen-bond acceptors (Lipinski definition) is 6. The maximum Gasteiger partial charge on any atom is 2.00 e. The van der Waals surface area contributed by atoms with Gasteiger partial charge in [0.15, 0.2) is 0 Å². The Balaban J connectivity index is 0. The number of carbonyl (C=O) groups excluding carboxylic acids is 2. The molecule has 0 aromatic carbocycles. The van der Waals surface area contributed by atoms with E-state index in [1.165, 1.54) is 0 Å². The molecule has 0 aliphatic carbocycles. The van der Waals surface area contributed by atoms with Crippen LogP contribution in [0.1, 0.15) is 0 Å². The van der Waals surface area contributed by atoms with Gasteiger partial charge in [-0.15, -0.1) is 0 Å². The summed E-state index contributed by atoms with van der Waals surface area (Å²) in [6, 6.07) is 0. The summed E-state index contributed by atoms with van der Waals surface area (Å²) in [5, 5.41) is 0. The Labute approximate surface area is 64.0 Å². The van der Waals surface area contributed by atoms with Gasteiger partial charge in [-0.25, -0.2) is 9.59 Å². The van der Waals surface area contributed by atoms with Crippen LogP contribution in [0, 0.1) is 0 Å². The molecule has 0 spiro atoms. The Kier molecular flexibility index (Phi) is 7.12.